The fourth-order valence-corrected chi connectivity index (χ4v) is 7.42. The second-order valence-electron chi connectivity index (χ2n) is 12.1. The molecule has 44 heavy (non-hydrogen) atoms. The van der Waals surface area contributed by atoms with Gasteiger partial charge in [0, 0.05) is 27.3 Å². The van der Waals surface area contributed by atoms with Crippen LogP contribution in [0.5, 0.6) is 0 Å². The van der Waals surface area contributed by atoms with E-state index in [0.29, 0.717) is 17.7 Å². The zero-order chi connectivity index (χ0) is 32.5. The van der Waals surface area contributed by atoms with E-state index in [4.69, 9.17) is 5.26 Å². The van der Waals surface area contributed by atoms with Crippen molar-refractivity contribution in [3.63, 3.8) is 0 Å². The molecule has 0 spiro atoms. The lowest BCUT2D eigenvalue weighted by atomic mass is 9.76. The summed E-state index contributed by atoms with van der Waals surface area (Å²) in [7, 11) is -5.73. The first-order chi connectivity index (χ1) is 20.7. The Bertz CT molecular complexity index is 1370. The average molecular weight is 650 g/mol. The zero-order valence-electron chi connectivity index (χ0n) is 26.0. The Balaban J connectivity index is 1.69. The minimum absolute atomic E-state index is 0.00174. The number of benzene rings is 2. The largest absolute Gasteiger partial charge is 0.433 e. The molecule has 0 bridgehead atoms. The normalized spacial score (nSPS) is 18.7. The van der Waals surface area contributed by atoms with E-state index in [2.05, 4.69) is 33.3 Å². The van der Waals surface area contributed by atoms with E-state index in [1.54, 1.807) is 6.92 Å². The summed E-state index contributed by atoms with van der Waals surface area (Å²) in [6.45, 7) is 9.57. The molecule has 1 N–H and O–H groups in total. The van der Waals surface area contributed by atoms with Gasteiger partial charge >= 0.3 is 13.3 Å². The van der Waals surface area contributed by atoms with Gasteiger partial charge in [0.1, 0.15) is 0 Å². The van der Waals surface area contributed by atoms with E-state index in [1.807, 2.05) is 43.9 Å². The van der Waals surface area contributed by atoms with Crippen molar-refractivity contribution >= 4 is 33.7 Å². The van der Waals surface area contributed by atoms with Crippen LogP contribution in [0.2, 0.25) is 0 Å². The molecule has 4 atom stereocenters. The van der Waals surface area contributed by atoms with E-state index in [-0.39, 0.29) is 24.2 Å². The summed E-state index contributed by atoms with van der Waals surface area (Å²) in [4.78, 5) is 28.9. The molecule has 240 valence electrons. The van der Waals surface area contributed by atoms with Gasteiger partial charge in [0.15, 0.2) is 5.78 Å². The third-order valence-corrected chi connectivity index (χ3v) is 10.7. The second kappa shape index (κ2) is 15.6. The highest BCUT2D eigenvalue weighted by Crippen LogP contribution is 2.68. The first kappa shape index (κ1) is 35.9. The highest BCUT2D eigenvalue weighted by Gasteiger charge is 2.55. The monoisotopic (exact) mass is 649 g/mol. The van der Waals surface area contributed by atoms with Gasteiger partial charge in [-0.05, 0) is 67.5 Å². The molecular formula is C33H43F2NO6P2. The van der Waals surface area contributed by atoms with Crippen LogP contribution in [0.25, 0.3) is 5.57 Å². The van der Waals surface area contributed by atoms with Crippen molar-refractivity contribution in [2.24, 2.45) is 11.3 Å². The minimum atomic E-state index is -5.14. The Hall–Kier alpha value is -2.54. The van der Waals surface area contributed by atoms with E-state index in [0.717, 1.165) is 37.8 Å². The number of halogens is 2. The average Bonchev–Trinajstić information content (AvgIpc) is 3.46. The SMILES string of the molecule is CPOP(=O)(OO)C(F)(F)c1ccc(/C(C)=C/C(=O)C[C@H](C(=O)N2CCCC2/C=C/CCc2ccccc2)C(C)(C)C)cc1. The van der Waals surface area contributed by atoms with Gasteiger partial charge < -0.3 is 4.90 Å². The quantitative estimate of drug-likeness (QED) is 0.0723. The zero-order valence-corrected chi connectivity index (χ0v) is 27.9. The lowest BCUT2D eigenvalue weighted by molar-refractivity contribution is -0.159. The topological polar surface area (TPSA) is 93.1 Å². The van der Waals surface area contributed by atoms with Crippen LogP contribution >= 0.6 is 16.4 Å². The number of hydrogen-bond acceptors (Lipinski definition) is 6. The molecule has 0 aromatic heterocycles. The predicted octanol–water partition coefficient (Wildman–Crippen LogP) is 8.86. The van der Waals surface area contributed by atoms with E-state index in [1.165, 1.54) is 30.4 Å². The highest BCUT2D eigenvalue weighted by molar-refractivity contribution is 7.60. The maximum absolute atomic E-state index is 14.8. The van der Waals surface area contributed by atoms with Crippen LogP contribution in [-0.2, 0) is 35.2 Å². The van der Waals surface area contributed by atoms with Crippen LogP contribution in [0.1, 0.15) is 70.1 Å². The van der Waals surface area contributed by atoms with E-state index in [9.17, 15) is 22.9 Å². The molecule has 1 saturated heterocycles. The Morgan fingerprint density at radius 3 is 2.39 bits per heavy atom. The summed E-state index contributed by atoms with van der Waals surface area (Å²) in [5, 5.41) is 8.85. The molecule has 0 radical (unpaired) electrons. The molecule has 0 saturated carbocycles. The maximum Gasteiger partial charge on any atom is 0.433 e. The van der Waals surface area contributed by atoms with Gasteiger partial charge in [-0.3, -0.25) is 18.5 Å². The van der Waals surface area contributed by atoms with Gasteiger partial charge in [0.25, 0.3) is 0 Å². The summed E-state index contributed by atoms with van der Waals surface area (Å²) in [6, 6.07) is 15.1. The number of alkyl halides is 2. The third-order valence-electron chi connectivity index (χ3n) is 7.86. The lowest BCUT2D eigenvalue weighted by Gasteiger charge is -2.34. The van der Waals surface area contributed by atoms with Gasteiger partial charge in [0.05, 0.1) is 12.0 Å². The van der Waals surface area contributed by atoms with E-state index < -0.39 is 39.0 Å². The van der Waals surface area contributed by atoms with Crippen molar-refractivity contribution in [2.45, 2.75) is 71.5 Å². The van der Waals surface area contributed by atoms with E-state index >= 15 is 0 Å². The van der Waals surface area contributed by atoms with Crippen molar-refractivity contribution in [1.82, 2.24) is 4.90 Å². The molecule has 1 amide bonds. The standard InChI is InChI=1S/C33H43F2NO6P2/c1-24(26-17-19-27(20-18-26)33(34,35)44(40,41-39)42-43-5)22-29(37)23-30(32(2,3)4)31(38)36-21-11-16-28(36)15-10-9-14-25-12-7-6-8-13-25/h6-8,10,12-13,15,17-20,22,28,30,39,43H,9,11,14,16,21,23H2,1-5H3/b15-10+,24-22+/t28?,30-,44?/m1/s1. The number of likely N-dealkylation sites (tertiary alicyclic amines) is 1. The molecule has 1 heterocycles. The van der Waals surface area contributed by atoms with Crippen molar-refractivity contribution in [3.8, 4) is 0 Å². The third kappa shape index (κ3) is 9.02. The summed E-state index contributed by atoms with van der Waals surface area (Å²) in [5.74, 6) is -0.815. The Kier molecular flexibility index (Phi) is 12.8. The molecule has 3 rings (SSSR count). The molecule has 3 unspecified atom stereocenters. The second-order valence-corrected chi connectivity index (χ2v) is 15.0. The fourth-order valence-electron chi connectivity index (χ4n) is 5.30. The number of allylic oxidation sites excluding steroid dienone is 3. The predicted molar refractivity (Wildman–Crippen MR) is 172 cm³/mol. The van der Waals surface area contributed by atoms with Gasteiger partial charge in [0.2, 0.25) is 5.91 Å². The van der Waals surface area contributed by atoms with Crippen molar-refractivity contribution in [3.05, 3.63) is 89.5 Å². The lowest BCUT2D eigenvalue weighted by Crippen LogP contribution is -2.44. The van der Waals surface area contributed by atoms with Gasteiger partial charge in [-0.2, -0.15) is 8.78 Å². The van der Waals surface area contributed by atoms with Crippen LogP contribution in [0, 0.1) is 11.3 Å². The Labute approximate surface area is 261 Å². The van der Waals surface area contributed by atoms with Gasteiger partial charge in [-0.1, -0.05) is 87.5 Å². The first-order valence-corrected chi connectivity index (χ1v) is 17.7. The van der Waals surface area contributed by atoms with Crippen LogP contribution in [0.4, 0.5) is 8.78 Å². The van der Waals surface area contributed by atoms with Crippen LogP contribution < -0.4 is 0 Å². The Morgan fingerprint density at radius 1 is 1.14 bits per heavy atom. The minimum Gasteiger partial charge on any atom is -0.336 e. The number of nitrogens with zero attached hydrogens (tertiary/aromatic N) is 1. The Morgan fingerprint density at radius 2 is 1.80 bits per heavy atom. The number of aryl methyl sites for hydroxylation is 1. The fraction of sp³-hybridized carbons (Fsp3) is 0.455. The molecule has 11 heteroatoms. The molecule has 0 aliphatic carbocycles. The number of hydrogen-bond donors (Lipinski definition) is 1. The number of ketones is 1. The van der Waals surface area contributed by atoms with Crippen molar-refractivity contribution in [1.29, 1.82) is 0 Å². The number of amides is 1. The molecule has 1 aliphatic rings. The maximum atomic E-state index is 14.8. The molecule has 1 aliphatic heterocycles. The molecule has 2 aromatic carbocycles. The van der Waals surface area contributed by atoms with Crippen molar-refractivity contribution < 1.29 is 37.2 Å². The van der Waals surface area contributed by atoms with Crippen LogP contribution in [0.15, 0.2) is 72.8 Å². The molecule has 1 fully saturated rings. The number of carbonyl (C=O) groups is 2. The number of carbonyl (C=O) groups excluding carboxylic acids is 2. The highest BCUT2D eigenvalue weighted by atomic mass is 31.2. The summed E-state index contributed by atoms with van der Waals surface area (Å²) in [6.07, 6.45) is 9.30. The summed E-state index contributed by atoms with van der Waals surface area (Å²) >= 11 is 0. The van der Waals surface area contributed by atoms with Crippen LogP contribution in [0.3, 0.4) is 0 Å². The molecular weight excluding hydrogens is 606 g/mol. The molecule has 7 nitrogen and oxygen atoms in total. The van der Waals surface area contributed by atoms with Crippen molar-refractivity contribution in [2.75, 3.05) is 13.2 Å². The molecule has 2 aromatic rings. The smallest absolute Gasteiger partial charge is 0.336 e. The first-order valence-electron chi connectivity index (χ1n) is 14.7. The van der Waals surface area contributed by atoms with Gasteiger partial charge in [-0.25, -0.2) is 5.26 Å². The number of rotatable bonds is 14. The summed E-state index contributed by atoms with van der Waals surface area (Å²) in [5.41, 5.74) is -2.92. The summed E-state index contributed by atoms with van der Waals surface area (Å²) < 4.78 is 50.1. The van der Waals surface area contributed by atoms with Gasteiger partial charge in [-0.15, -0.1) is 4.67 Å². The van der Waals surface area contributed by atoms with Crippen LogP contribution in [-0.4, -0.2) is 41.1 Å².